The molecule has 1 spiro atoms. The third-order valence-corrected chi connectivity index (χ3v) is 12.2. The molecule has 0 fully saturated rings. The van der Waals surface area contributed by atoms with Crippen LogP contribution in [0, 0.1) is 0 Å². The topological polar surface area (TPSA) is 56.5 Å². The molecule has 0 bridgehead atoms. The monoisotopic (exact) mass is 661 g/mol. The second-order valence-corrected chi connectivity index (χ2v) is 14.4. The Kier molecular flexibility index (Phi) is 4.23. The van der Waals surface area contributed by atoms with Crippen LogP contribution in [0.25, 0.3) is 104 Å². The summed E-state index contributed by atoms with van der Waals surface area (Å²) >= 11 is 0. The third-order valence-electron chi connectivity index (χ3n) is 12.2. The van der Waals surface area contributed by atoms with E-state index >= 15 is 0 Å². The molecule has 52 heavy (non-hydrogen) atoms. The van der Waals surface area contributed by atoms with Crippen LogP contribution in [0.2, 0.25) is 0 Å². The van der Waals surface area contributed by atoms with Gasteiger partial charge in [0.25, 0.3) is 0 Å². The highest BCUT2D eigenvalue weighted by molar-refractivity contribution is 6.35. The number of benzene rings is 6. The zero-order valence-electron chi connectivity index (χ0n) is 27.4. The first kappa shape index (κ1) is 25.9. The molecular formula is C47H23N3O2. The minimum Gasteiger partial charge on any atom is -0.454 e. The minimum atomic E-state index is -0.513. The summed E-state index contributed by atoms with van der Waals surface area (Å²) < 4.78 is 15.9. The SMILES string of the molecule is c1ccc2c(c1)-c1ccccc1C21c2ccccc2-c2c1cc1c3c4oc5ccccc5c4ncc3n3c4cnc5c6ccccc6oc5c4c2c13. The highest BCUT2D eigenvalue weighted by Crippen LogP contribution is 2.65. The smallest absolute Gasteiger partial charge is 0.163 e. The van der Waals surface area contributed by atoms with Crippen LogP contribution in [0.4, 0.5) is 0 Å². The summed E-state index contributed by atoms with van der Waals surface area (Å²) in [6.45, 7) is 0. The Morgan fingerprint density at radius 1 is 0.462 bits per heavy atom. The van der Waals surface area contributed by atoms with E-state index in [0.29, 0.717) is 0 Å². The molecule has 2 aliphatic rings. The van der Waals surface area contributed by atoms with Gasteiger partial charge in [0, 0.05) is 21.5 Å². The number of fused-ring (bicyclic) bond motifs is 25. The molecule has 0 amide bonds. The number of hydrogen-bond acceptors (Lipinski definition) is 4. The van der Waals surface area contributed by atoms with Gasteiger partial charge in [-0.25, -0.2) is 9.97 Å². The van der Waals surface area contributed by atoms with Gasteiger partial charge in [0.2, 0.25) is 0 Å². The van der Waals surface area contributed by atoms with Gasteiger partial charge >= 0.3 is 0 Å². The van der Waals surface area contributed by atoms with E-state index in [2.05, 4.69) is 108 Å². The van der Waals surface area contributed by atoms with Crippen LogP contribution in [-0.2, 0) is 5.41 Å². The van der Waals surface area contributed by atoms with Crippen LogP contribution < -0.4 is 0 Å². The summed E-state index contributed by atoms with van der Waals surface area (Å²) in [7, 11) is 0. The van der Waals surface area contributed by atoms with E-state index < -0.39 is 5.41 Å². The largest absolute Gasteiger partial charge is 0.454 e. The molecule has 0 radical (unpaired) electrons. The molecule has 6 heterocycles. The fourth-order valence-electron chi connectivity index (χ4n) is 10.4. The van der Waals surface area contributed by atoms with Crippen molar-refractivity contribution in [1.82, 2.24) is 14.4 Å². The van der Waals surface area contributed by atoms with Crippen LogP contribution in [0.3, 0.4) is 0 Å². The third kappa shape index (κ3) is 2.63. The van der Waals surface area contributed by atoms with Crippen molar-refractivity contribution in [3.05, 3.63) is 162 Å². The summed E-state index contributed by atoms with van der Waals surface area (Å²) in [4.78, 5) is 10.2. The Morgan fingerprint density at radius 3 is 1.60 bits per heavy atom. The van der Waals surface area contributed by atoms with Gasteiger partial charge in [0.15, 0.2) is 11.2 Å². The van der Waals surface area contributed by atoms with Crippen molar-refractivity contribution < 1.29 is 8.83 Å². The highest BCUT2D eigenvalue weighted by Gasteiger charge is 2.52. The van der Waals surface area contributed by atoms with Gasteiger partial charge in [0.1, 0.15) is 22.2 Å². The van der Waals surface area contributed by atoms with Gasteiger partial charge in [-0.05, 0) is 74.8 Å². The fraction of sp³-hybridized carbons (Fsp3) is 0.0213. The summed E-state index contributed by atoms with van der Waals surface area (Å²) in [5, 5.41) is 6.52. The molecule has 12 aromatic rings. The first-order valence-corrected chi connectivity index (χ1v) is 17.7. The molecule has 0 saturated heterocycles. The van der Waals surface area contributed by atoms with Crippen LogP contribution in [0.1, 0.15) is 22.3 Å². The van der Waals surface area contributed by atoms with Crippen molar-refractivity contribution in [2.24, 2.45) is 0 Å². The Balaban J connectivity index is 1.31. The Hall–Kier alpha value is -6.98. The van der Waals surface area contributed by atoms with E-state index in [9.17, 15) is 0 Å². The summed E-state index contributed by atoms with van der Waals surface area (Å²) in [5.41, 5.74) is 18.0. The van der Waals surface area contributed by atoms with Crippen LogP contribution in [0.5, 0.6) is 0 Å². The number of nitrogens with zero attached hydrogens (tertiary/aromatic N) is 3. The van der Waals surface area contributed by atoms with E-state index in [-0.39, 0.29) is 0 Å². The lowest BCUT2D eigenvalue weighted by atomic mass is 9.70. The summed E-state index contributed by atoms with van der Waals surface area (Å²) in [5.74, 6) is 0. The number of hydrogen-bond donors (Lipinski definition) is 0. The number of furan rings is 2. The Bertz CT molecular complexity index is 3550. The van der Waals surface area contributed by atoms with Crippen molar-refractivity contribution in [3.8, 4) is 22.3 Å². The highest BCUT2D eigenvalue weighted by atomic mass is 16.3. The molecule has 6 aromatic carbocycles. The number of aromatic nitrogens is 3. The second kappa shape index (κ2) is 8.48. The molecule has 0 saturated carbocycles. The predicted molar refractivity (Wildman–Crippen MR) is 208 cm³/mol. The normalized spacial score (nSPS) is 14.3. The molecule has 5 nitrogen and oxygen atoms in total. The summed E-state index contributed by atoms with van der Waals surface area (Å²) in [6.07, 6.45) is 4.06. The average molecular weight is 662 g/mol. The lowest BCUT2D eigenvalue weighted by Crippen LogP contribution is -2.25. The molecule has 0 atom stereocenters. The van der Waals surface area contributed by atoms with Gasteiger partial charge < -0.3 is 13.2 Å². The number of rotatable bonds is 0. The Morgan fingerprint density at radius 2 is 0.962 bits per heavy atom. The Labute approximate surface area is 294 Å². The molecule has 14 rings (SSSR count). The quantitative estimate of drug-likeness (QED) is 0.162. The second-order valence-electron chi connectivity index (χ2n) is 14.4. The molecule has 0 N–H and O–H groups in total. The maximum absolute atomic E-state index is 6.82. The standard InChI is InChI=1S/C47H23N3O2/c1-6-16-30-24(11-1)25-12-2-7-17-31(25)47(30)32-18-8-3-13-26(32)38-33(47)21-29-39-34(22-48-42-27-14-4-9-19-36(27)51-45(39)42)50-35-23-49-43-28-15-5-10-20-37(28)52-46(43)40(35)41(38)44(29)50/h1-23H. The molecule has 0 aliphatic heterocycles. The van der Waals surface area contributed by atoms with Crippen LogP contribution in [0.15, 0.2) is 149 Å². The molecule has 5 heteroatoms. The van der Waals surface area contributed by atoms with E-state index in [1.54, 1.807) is 0 Å². The van der Waals surface area contributed by atoms with Crippen LogP contribution >= 0.6 is 0 Å². The van der Waals surface area contributed by atoms with E-state index in [1.165, 1.54) is 49.9 Å². The van der Waals surface area contributed by atoms with E-state index in [1.807, 2.05) is 36.7 Å². The van der Waals surface area contributed by atoms with E-state index in [4.69, 9.17) is 18.8 Å². The lowest BCUT2D eigenvalue weighted by Gasteiger charge is -2.30. The first-order valence-electron chi connectivity index (χ1n) is 17.7. The number of para-hydroxylation sites is 2. The number of pyridine rings is 2. The predicted octanol–water partition coefficient (Wildman–Crippen LogP) is 11.8. The van der Waals surface area contributed by atoms with Crippen molar-refractivity contribution in [2.75, 3.05) is 0 Å². The maximum atomic E-state index is 6.82. The van der Waals surface area contributed by atoms with Gasteiger partial charge in [0.05, 0.1) is 45.1 Å². The molecule has 6 aromatic heterocycles. The summed E-state index contributed by atoms with van der Waals surface area (Å²) in [6, 6.07) is 45.9. The minimum absolute atomic E-state index is 0.513. The fourth-order valence-corrected chi connectivity index (χ4v) is 10.4. The van der Waals surface area contributed by atoms with E-state index in [0.717, 1.165) is 76.8 Å². The molecule has 0 unspecified atom stereocenters. The molecular weight excluding hydrogens is 639 g/mol. The molecule has 238 valence electrons. The van der Waals surface area contributed by atoms with Crippen LogP contribution in [-0.4, -0.2) is 14.4 Å². The van der Waals surface area contributed by atoms with Crippen molar-refractivity contribution >= 4 is 82.2 Å². The van der Waals surface area contributed by atoms with Gasteiger partial charge in [-0.1, -0.05) is 97.1 Å². The zero-order valence-corrected chi connectivity index (χ0v) is 27.4. The average Bonchev–Trinajstić information content (AvgIpc) is 4.02. The molecule has 2 aliphatic carbocycles. The maximum Gasteiger partial charge on any atom is 0.163 e. The van der Waals surface area contributed by atoms with Gasteiger partial charge in [-0.2, -0.15) is 0 Å². The van der Waals surface area contributed by atoms with Crippen molar-refractivity contribution in [1.29, 1.82) is 0 Å². The van der Waals surface area contributed by atoms with Crippen molar-refractivity contribution in [3.63, 3.8) is 0 Å². The first-order chi connectivity index (χ1) is 25.8. The van der Waals surface area contributed by atoms with Crippen molar-refractivity contribution in [2.45, 2.75) is 5.41 Å². The van der Waals surface area contributed by atoms with Gasteiger partial charge in [-0.3, -0.25) is 0 Å². The van der Waals surface area contributed by atoms with Gasteiger partial charge in [-0.15, -0.1) is 0 Å². The lowest BCUT2D eigenvalue weighted by molar-refractivity contribution is 0.672. The zero-order chi connectivity index (χ0) is 33.4.